The highest BCUT2D eigenvalue weighted by Gasteiger charge is 2.35. The van der Waals surface area contributed by atoms with E-state index in [1.807, 2.05) is 4.90 Å². The van der Waals surface area contributed by atoms with Gasteiger partial charge in [0.25, 0.3) is 17.7 Å². The molecule has 1 fully saturated rings. The number of nitrogens with zero attached hydrogens (tertiary/aromatic N) is 3. The zero-order valence-corrected chi connectivity index (χ0v) is 19.0. The molecule has 1 unspecified atom stereocenters. The van der Waals surface area contributed by atoms with E-state index in [1.165, 1.54) is 23.1 Å². The Kier molecular flexibility index (Phi) is 6.87. The van der Waals surface area contributed by atoms with Crippen molar-refractivity contribution >= 4 is 35.1 Å². The van der Waals surface area contributed by atoms with Gasteiger partial charge in [0.05, 0.1) is 28.9 Å². The number of aromatic nitrogens is 1. The Morgan fingerprint density at radius 3 is 2.68 bits per heavy atom. The van der Waals surface area contributed by atoms with Crippen LogP contribution in [0.1, 0.15) is 50.3 Å². The minimum Gasteiger partial charge on any atom is -0.385 e. The lowest BCUT2D eigenvalue weighted by molar-refractivity contribution is -0.122. The third-order valence-corrected chi connectivity index (χ3v) is 6.12. The maximum absolute atomic E-state index is 12.8. The first-order valence-electron chi connectivity index (χ1n) is 11.2. The van der Waals surface area contributed by atoms with Gasteiger partial charge in [-0.05, 0) is 49.6 Å². The average Bonchev–Trinajstić information content (AvgIpc) is 3.09. The molecule has 1 atom stereocenters. The number of nitrogens with one attached hydrogen (secondary N) is 1. The second-order valence-electron chi connectivity index (χ2n) is 8.42. The number of benzene rings is 1. The molecule has 4 rings (SSSR count). The summed E-state index contributed by atoms with van der Waals surface area (Å²) in [5.41, 5.74) is 6.71. The number of anilines is 2. The summed E-state index contributed by atoms with van der Waals surface area (Å²) in [7, 11) is 1.56. The predicted molar refractivity (Wildman–Crippen MR) is 125 cm³/mol. The van der Waals surface area contributed by atoms with Crippen molar-refractivity contribution in [1.29, 1.82) is 0 Å². The zero-order chi connectivity index (χ0) is 24.2. The monoisotopic (exact) mass is 465 g/mol. The fraction of sp³-hybridized carbons (Fsp3) is 0.375. The molecule has 0 aliphatic carbocycles. The molecule has 1 aromatic carbocycles. The second-order valence-corrected chi connectivity index (χ2v) is 8.42. The van der Waals surface area contributed by atoms with Gasteiger partial charge in [0.15, 0.2) is 0 Å². The van der Waals surface area contributed by atoms with Gasteiger partial charge >= 0.3 is 0 Å². The number of carbonyl (C=O) groups is 4. The van der Waals surface area contributed by atoms with E-state index < -0.39 is 11.8 Å². The summed E-state index contributed by atoms with van der Waals surface area (Å²) in [5, 5.41) is 2.77. The zero-order valence-electron chi connectivity index (χ0n) is 19.0. The number of pyridine rings is 1. The SMILES string of the molecule is COCCCN1C(=O)c2ccc(C(=O)Nc3ccc(N4CCCC(C(N)=O)C4)nc3)cc2C1=O. The number of amides is 4. The molecule has 0 bridgehead atoms. The highest BCUT2D eigenvalue weighted by atomic mass is 16.5. The summed E-state index contributed by atoms with van der Waals surface area (Å²) >= 11 is 0. The van der Waals surface area contributed by atoms with Gasteiger partial charge in [-0.1, -0.05) is 0 Å². The minimum absolute atomic E-state index is 0.194. The van der Waals surface area contributed by atoms with Crippen LogP contribution in [0.25, 0.3) is 0 Å². The molecule has 0 spiro atoms. The van der Waals surface area contributed by atoms with E-state index in [2.05, 4.69) is 10.3 Å². The summed E-state index contributed by atoms with van der Waals surface area (Å²) in [6.45, 7) is 2.01. The number of fused-ring (bicyclic) bond motifs is 1. The number of imide groups is 1. The Bertz CT molecular complexity index is 1120. The molecule has 2 aliphatic rings. The first kappa shape index (κ1) is 23.4. The largest absolute Gasteiger partial charge is 0.385 e. The first-order chi connectivity index (χ1) is 16.4. The van der Waals surface area contributed by atoms with E-state index >= 15 is 0 Å². The number of carbonyl (C=O) groups excluding carboxylic acids is 4. The van der Waals surface area contributed by atoms with Gasteiger partial charge in [-0.2, -0.15) is 0 Å². The Balaban J connectivity index is 1.42. The average molecular weight is 466 g/mol. The lowest BCUT2D eigenvalue weighted by Crippen LogP contribution is -2.41. The quantitative estimate of drug-likeness (QED) is 0.447. The molecule has 3 heterocycles. The van der Waals surface area contributed by atoms with Crippen LogP contribution < -0.4 is 16.0 Å². The number of methoxy groups -OCH3 is 1. The molecule has 0 radical (unpaired) electrons. The predicted octanol–water partition coefficient (Wildman–Crippen LogP) is 1.67. The third kappa shape index (κ3) is 4.76. The van der Waals surface area contributed by atoms with Crippen LogP contribution in [-0.4, -0.2) is 66.9 Å². The van der Waals surface area contributed by atoms with E-state index in [4.69, 9.17) is 10.5 Å². The Morgan fingerprint density at radius 2 is 1.97 bits per heavy atom. The van der Waals surface area contributed by atoms with Gasteiger partial charge in [-0.15, -0.1) is 0 Å². The highest BCUT2D eigenvalue weighted by Crippen LogP contribution is 2.25. The molecule has 34 heavy (non-hydrogen) atoms. The Labute approximate surface area is 197 Å². The molecule has 3 N–H and O–H groups in total. The van der Waals surface area contributed by atoms with Crippen molar-refractivity contribution in [2.24, 2.45) is 11.7 Å². The van der Waals surface area contributed by atoms with Crippen LogP contribution in [-0.2, 0) is 9.53 Å². The molecule has 4 amide bonds. The number of hydrogen-bond acceptors (Lipinski definition) is 7. The molecule has 0 saturated carbocycles. The van der Waals surface area contributed by atoms with Crippen molar-refractivity contribution in [2.45, 2.75) is 19.3 Å². The van der Waals surface area contributed by atoms with Gasteiger partial charge < -0.3 is 20.7 Å². The molecule has 178 valence electrons. The summed E-state index contributed by atoms with van der Waals surface area (Å²) in [6.07, 6.45) is 3.72. The van der Waals surface area contributed by atoms with Crippen LogP contribution in [0.3, 0.4) is 0 Å². The topological polar surface area (TPSA) is 135 Å². The van der Waals surface area contributed by atoms with Gasteiger partial charge in [-0.25, -0.2) is 4.98 Å². The van der Waals surface area contributed by atoms with Crippen LogP contribution in [0.5, 0.6) is 0 Å². The van der Waals surface area contributed by atoms with E-state index in [0.717, 1.165) is 19.4 Å². The second kappa shape index (κ2) is 10.0. The summed E-state index contributed by atoms with van der Waals surface area (Å²) < 4.78 is 4.98. The van der Waals surface area contributed by atoms with Gasteiger partial charge in [0.2, 0.25) is 5.91 Å². The van der Waals surface area contributed by atoms with Crippen LogP contribution in [0.2, 0.25) is 0 Å². The van der Waals surface area contributed by atoms with Crippen LogP contribution >= 0.6 is 0 Å². The number of primary amides is 1. The van der Waals surface area contributed by atoms with Crippen LogP contribution in [0.15, 0.2) is 36.5 Å². The third-order valence-electron chi connectivity index (χ3n) is 6.12. The van der Waals surface area contributed by atoms with E-state index in [1.54, 1.807) is 25.4 Å². The molecular formula is C24H27N5O5. The molecule has 2 aromatic rings. The highest BCUT2D eigenvalue weighted by molar-refractivity contribution is 6.22. The Hall–Kier alpha value is -3.79. The van der Waals surface area contributed by atoms with Crippen LogP contribution in [0.4, 0.5) is 11.5 Å². The van der Waals surface area contributed by atoms with Gasteiger partial charge in [0.1, 0.15) is 5.82 Å². The molecule has 1 saturated heterocycles. The maximum Gasteiger partial charge on any atom is 0.261 e. The lowest BCUT2D eigenvalue weighted by Gasteiger charge is -2.32. The van der Waals surface area contributed by atoms with E-state index in [0.29, 0.717) is 36.6 Å². The number of ether oxygens (including phenoxy) is 1. The molecule has 2 aliphatic heterocycles. The Morgan fingerprint density at radius 1 is 1.18 bits per heavy atom. The number of piperidine rings is 1. The van der Waals surface area contributed by atoms with Crippen molar-refractivity contribution in [1.82, 2.24) is 9.88 Å². The number of nitrogens with two attached hydrogens (primary N) is 1. The molecule has 10 heteroatoms. The molecule has 1 aromatic heterocycles. The number of hydrogen-bond donors (Lipinski definition) is 2. The van der Waals surface area contributed by atoms with Crippen molar-refractivity contribution in [3.05, 3.63) is 53.2 Å². The maximum atomic E-state index is 12.8. The van der Waals surface area contributed by atoms with Crippen molar-refractivity contribution < 1.29 is 23.9 Å². The van der Waals surface area contributed by atoms with E-state index in [-0.39, 0.29) is 35.4 Å². The molecule has 10 nitrogen and oxygen atoms in total. The van der Waals surface area contributed by atoms with Crippen molar-refractivity contribution in [3.63, 3.8) is 0 Å². The van der Waals surface area contributed by atoms with Gasteiger partial charge in [-0.3, -0.25) is 24.1 Å². The van der Waals surface area contributed by atoms with Crippen LogP contribution in [0, 0.1) is 5.92 Å². The minimum atomic E-state index is -0.415. The summed E-state index contributed by atoms with van der Waals surface area (Å²) in [6, 6.07) is 7.99. The lowest BCUT2D eigenvalue weighted by atomic mass is 9.97. The molecular weight excluding hydrogens is 438 g/mol. The normalized spacial score (nSPS) is 17.6. The standard InChI is InChI=1S/C24H27N5O5/c1-34-11-3-10-29-23(32)18-7-5-15(12-19(18)24(29)33)22(31)27-17-6-8-20(26-13-17)28-9-2-4-16(14-28)21(25)30/h5-8,12-13,16H,2-4,9-11,14H2,1H3,(H2,25,30)(H,27,31). The summed E-state index contributed by atoms with van der Waals surface area (Å²) in [4.78, 5) is 57.1. The number of rotatable bonds is 8. The van der Waals surface area contributed by atoms with E-state index in [9.17, 15) is 19.2 Å². The first-order valence-corrected chi connectivity index (χ1v) is 11.2. The fourth-order valence-electron chi connectivity index (χ4n) is 4.27. The smallest absolute Gasteiger partial charge is 0.261 e. The summed E-state index contributed by atoms with van der Waals surface area (Å²) in [5.74, 6) is -0.977. The fourth-order valence-corrected chi connectivity index (χ4v) is 4.27. The van der Waals surface area contributed by atoms with Crippen molar-refractivity contribution in [2.75, 3.05) is 43.6 Å². The van der Waals surface area contributed by atoms with Gasteiger partial charge in [0, 0.05) is 38.9 Å². The van der Waals surface area contributed by atoms with Crippen molar-refractivity contribution in [3.8, 4) is 0 Å².